The molecule has 0 spiro atoms. The van der Waals surface area contributed by atoms with Crippen LogP contribution < -0.4 is 0 Å². The van der Waals surface area contributed by atoms with Crippen LogP contribution in [0.25, 0.3) is 0 Å². The maximum absolute atomic E-state index is 12.2. The van der Waals surface area contributed by atoms with Gasteiger partial charge in [-0.2, -0.15) is 5.26 Å². The fraction of sp³-hybridized carbons (Fsp3) is 0.500. The molecular formula is C16H23N3O. The molecule has 0 unspecified atom stereocenters. The molecule has 0 aromatic heterocycles. The van der Waals surface area contributed by atoms with Gasteiger partial charge in [-0.25, -0.2) is 0 Å². The highest BCUT2D eigenvalue weighted by Gasteiger charge is 2.16. The summed E-state index contributed by atoms with van der Waals surface area (Å²) in [5, 5.41) is 8.84. The summed E-state index contributed by atoms with van der Waals surface area (Å²) < 4.78 is 0. The van der Waals surface area contributed by atoms with Crippen LogP contribution in [0.15, 0.2) is 30.3 Å². The highest BCUT2D eigenvalue weighted by atomic mass is 16.2. The number of hydrogen-bond donors (Lipinski definition) is 0. The summed E-state index contributed by atoms with van der Waals surface area (Å²) in [5.41, 5.74) is 1.19. The molecule has 0 fully saturated rings. The summed E-state index contributed by atoms with van der Waals surface area (Å²) in [6.07, 6.45) is 0. The van der Waals surface area contributed by atoms with E-state index in [1.165, 1.54) is 5.56 Å². The molecule has 0 bridgehead atoms. The number of hydrogen-bond acceptors (Lipinski definition) is 3. The van der Waals surface area contributed by atoms with Crippen LogP contribution in [0, 0.1) is 17.2 Å². The molecule has 0 saturated heterocycles. The SMILES string of the molecule is CCN(C[C@H](C)C#N)C(=O)CN(C)Cc1ccccc1. The van der Waals surface area contributed by atoms with Crippen LogP contribution in [0.1, 0.15) is 19.4 Å². The summed E-state index contributed by atoms with van der Waals surface area (Å²) in [6.45, 7) is 6.05. The highest BCUT2D eigenvalue weighted by molar-refractivity contribution is 5.78. The molecule has 108 valence electrons. The van der Waals surface area contributed by atoms with Crippen LogP contribution in [0.3, 0.4) is 0 Å². The summed E-state index contributed by atoms with van der Waals surface area (Å²) in [7, 11) is 1.94. The molecule has 0 saturated carbocycles. The Kier molecular flexibility index (Phi) is 6.75. The van der Waals surface area contributed by atoms with E-state index in [-0.39, 0.29) is 11.8 Å². The second-order valence-corrected chi connectivity index (χ2v) is 5.12. The minimum atomic E-state index is -0.127. The largest absolute Gasteiger partial charge is 0.341 e. The lowest BCUT2D eigenvalue weighted by Crippen LogP contribution is -2.40. The average Bonchev–Trinajstić information content (AvgIpc) is 2.45. The number of rotatable bonds is 7. The van der Waals surface area contributed by atoms with Gasteiger partial charge in [0.2, 0.25) is 5.91 Å². The van der Waals surface area contributed by atoms with Gasteiger partial charge >= 0.3 is 0 Å². The van der Waals surface area contributed by atoms with Gasteiger partial charge in [0.25, 0.3) is 0 Å². The number of carbonyl (C=O) groups excluding carboxylic acids is 1. The Morgan fingerprint density at radius 2 is 2.00 bits per heavy atom. The normalized spacial score (nSPS) is 11.9. The quantitative estimate of drug-likeness (QED) is 0.764. The summed E-state index contributed by atoms with van der Waals surface area (Å²) in [5.74, 6) is -0.0497. The zero-order valence-corrected chi connectivity index (χ0v) is 12.5. The first-order valence-electron chi connectivity index (χ1n) is 6.96. The predicted molar refractivity (Wildman–Crippen MR) is 79.8 cm³/mol. The van der Waals surface area contributed by atoms with Crippen molar-refractivity contribution in [3.8, 4) is 6.07 Å². The molecule has 0 aliphatic carbocycles. The van der Waals surface area contributed by atoms with Gasteiger partial charge in [-0.05, 0) is 26.5 Å². The third kappa shape index (κ3) is 5.41. The van der Waals surface area contributed by atoms with Crippen LogP contribution in [-0.4, -0.2) is 42.4 Å². The molecule has 0 aliphatic heterocycles. The van der Waals surface area contributed by atoms with Crippen molar-refractivity contribution in [3.63, 3.8) is 0 Å². The molecule has 0 heterocycles. The minimum absolute atomic E-state index is 0.0769. The highest BCUT2D eigenvalue weighted by Crippen LogP contribution is 2.04. The zero-order chi connectivity index (χ0) is 15.0. The number of carbonyl (C=O) groups is 1. The van der Waals surface area contributed by atoms with Crippen molar-refractivity contribution in [3.05, 3.63) is 35.9 Å². The van der Waals surface area contributed by atoms with Crippen molar-refractivity contribution >= 4 is 5.91 Å². The lowest BCUT2D eigenvalue weighted by molar-refractivity contribution is -0.132. The van der Waals surface area contributed by atoms with E-state index in [4.69, 9.17) is 5.26 Å². The van der Waals surface area contributed by atoms with E-state index < -0.39 is 0 Å². The maximum Gasteiger partial charge on any atom is 0.236 e. The van der Waals surface area contributed by atoms with Gasteiger partial charge in [-0.3, -0.25) is 9.69 Å². The number of benzene rings is 1. The third-order valence-electron chi connectivity index (χ3n) is 3.15. The lowest BCUT2D eigenvalue weighted by Gasteiger charge is -2.25. The van der Waals surface area contributed by atoms with Crippen LogP contribution in [-0.2, 0) is 11.3 Å². The first-order valence-corrected chi connectivity index (χ1v) is 6.96. The molecule has 4 heteroatoms. The molecule has 1 aromatic carbocycles. The van der Waals surface area contributed by atoms with Crippen LogP contribution >= 0.6 is 0 Å². The molecule has 1 aromatic rings. The van der Waals surface area contributed by atoms with Crippen LogP contribution in [0.5, 0.6) is 0 Å². The van der Waals surface area contributed by atoms with E-state index in [1.54, 1.807) is 4.90 Å². The van der Waals surface area contributed by atoms with Crippen LogP contribution in [0.2, 0.25) is 0 Å². The number of amides is 1. The van der Waals surface area contributed by atoms with E-state index in [0.29, 0.717) is 19.6 Å². The third-order valence-corrected chi connectivity index (χ3v) is 3.15. The molecule has 0 aliphatic rings. The number of nitrogens with zero attached hydrogens (tertiary/aromatic N) is 3. The van der Waals surface area contributed by atoms with Crippen LogP contribution in [0.4, 0.5) is 0 Å². The Morgan fingerprint density at radius 3 is 2.55 bits per heavy atom. The minimum Gasteiger partial charge on any atom is -0.341 e. The van der Waals surface area contributed by atoms with Gasteiger partial charge in [0, 0.05) is 19.6 Å². The van der Waals surface area contributed by atoms with E-state index in [0.717, 1.165) is 6.54 Å². The van der Waals surface area contributed by atoms with Crippen molar-refractivity contribution in [2.24, 2.45) is 5.92 Å². The van der Waals surface area contributed by atoms with Gasteiger partial charge in [-0.15, -0.1) is 0 Å². The monoisotopic (exact) mass is 273 g/mol. The molecule has 1 rings (SSSR count). The molecule has 1 atom stereocenters. The van der Waals surface area contributed by atoms with Crippen molar-refractivity contribution in [1.82, 2.24) is 9.80 Å². The molecule has 4 nitrogen and oxygen atoms in total. The summed E-state index contributed by atoms with van der Waals surface area (Å²) in [4.78, 5) is 15.9. The first kappa shape index (κ1) is 16.2. The Labute approximate surface area is 121 Å². The lowest BCUT2D eigenvalue weighted by atomic mass is 10.2. The molecule has 0 N–H and O–H groups in total. The van der Waals surface area contributed by atoms with Gasteiger partial charge in [0.05, 0.1) is 18.5 Å². The number of likely N-dealkylation sites (N-methyl/N-ethyl adjacent to an activating group) is 2. The first-order chi connectivity index (χ1) is 9.56. The Bertz CT molecular complexity index is 453. The molecule has 20 heavy (non-hydrogen) atoms. The zero-order valence-electron chi connectivity index (χ0n) is 12.5. The Morgan fingerprint density at radius 1 is 1.35 bits per heavy atom. The average molecular weight is 273 g/mol. The second-order valence-electron chi connectivity index (χ2n) is 5.12. The Balaban J connectivity index is 2.49. The van der Waals surface area contributed by atoms with Crippen molar-refractivity contribution in [1.29, 1.82) is 5.26 Å². The van der Waals surface area contributed by atoms with Crippen molar-refractivity contribution < 1.29 is 4.79 Å². The molecule has 0 radical (unpaired) electrons. The standard InChI is InChI=1S/C16H23N3O/c1-4-19(11-14(2)10-17)16(20)13-18(3)12-15-8-6-5-7-9-15/h5-9,14H,4,11-13H2,1-3H3/t14-/m1/s1. The fourth-order valence-electron chi connectivity index (χ4n) is 2.06. The Hall–Kier alpha value is -1.86. The maximum atomic E-state index is 12.2. The second kappa shape index (κ2) is 8.34. The van der Waals surface area contributed by atoms with E-state index in [2.05, 4.69) is 18.2 Å². The van der Waals surface area contributed by atoms with Crippen molar-refractivity contribution in [2.75, 3.05) is 26.7 Å². The van der Waals surface area contributed by atoms with Gasteiger partial charge in [0.15, 0.2) is 0 Å². The molecule has 1 amide bonds. The summed E-state index contributed by atoms with van der Waals surface area (Å²) in [6, 6.07) is 12.3. The molecular weight excluding hydrogens is 250 g/mol. The topological polar surface area (TPSA) is 47.3 Å². The van der Waals surface area contributed by atoms with E-state index in [1.807, 2.05) is 44.0 Å². The van der Waals surface area contributed by atoms with E-state index in [9.17, 15) is 4.79 Å². The van der Waals surface area contributed by atoms with Gasteiger partial charge in [0.1, 0.15) is 0 Å². The van der Waals surface area contributed by atoms with Crippen molar-refractivity contribution in [2.45, 2.75) is 20.4 Å². The fourth-order valence-corrected chi connectivity index (χ4v) is 2.06. The van der Waals surface area contributed by atoms with Gasteiger partial charge < -0.3 is 4.90 Å². The number of nitriles is 1. The van der Waals surface area contributed by atoms with Gasteiger partial charge in [-0.1, -0.05) is 30.3 Å². The smallest absolute Gasteiger partial charge is 0.236 e. The van der Waals surface area contributed by atoms with E-state index >= 15 is 0 Å². The predicted octanol–water partition coefficient (Wildman–Crippen LogP) is 2.13. The summed E-state index contributed by atoms with van der Waals surface area (Å²) >= 11 is 0.